The fourth-order valence-electron chi connectivity index (χ4n) is 5.79. The van der Waals surface area contributed by atoms with Crippen LogP contribution >= 0.6 is 11.6 Å². The van der Waals surface area contributed by atoms with E-state index < -0.39 is 20.9 Å². The number of hydrogen-bond acceptors (Lipinski definition) is 5. The van der Waals surface area contributed by atoms with E-state index in [2.05, 4.69) is 11.1 Å². The summed E-state index contributed by atoms with van der Waals surface area (Å²) in [5.41, 5.74) is 0.434. The van der Waals surface area contributed by atoms with Crippen LogP contribution in [-0.4, -0.2) is 42.5 Å². The monoisotopic (exact) mass is 520 g/mol. The molecule has 3 heterocycles. The number of rotatable bonds is 4. The second kappa shape index (κ2) is 8.27. The zero-order chi connectivity index (χ0) is 25.1. The van der Waals surface area contributed by atoms with Crippen molar-refractivity contribution in [2.45, 2.75) is 37.6 Å². The summed E-state index contributed by atoms with van der Waals surface area (Å²) in [6, 6.07) is 15.4. The molecule has 184 valence electrons. The average Bonchev–Trinajstić information content (AvgIpc) is 3.65. The number of sulfonamides is 1. The largest absolute Gasteiger partial charge is 0.309 e. The molecule has 1 amide bonds. The number of amides is 1. The molecule has 3 aromatic rings. The second-order valence-corrected chi connectivity index (χ2v) is 12.6. The zero-order valence-electron chi connectivity index (χ0n) is 19.7. The maximum absolute atomic E-state index is 14.4. The quantitative estimate of drug-likeness (QED) is 0.508. The summed E-state index contributed by atoms with van der Waals surface area (Å²) >= 11 is 6.40. The predicted molar refractivity (Wildman–Crippen MR) is 138 cm³/mol. The first-order valence-corrected chi connectivity index (χ1v) is 14.1. The minimum atomic E-state index is -3.76. The van der Waals surface area contributed by atoms with Crippen molar-refractivity contribution in [1.82, 2.24) is 9.29 Å². The van der Waals surface area contributed by atoms with Crippen LogP contribution in [0.2, 0.25) is 5.02 Å². The first-order chi connectivity index (χ1) is 17.3. The number of pyridine rings is 1. The molecule has 2 fully saturated rings. The van der Waals surface area contributed by atoms with Gasteiger partial charge in [-0.3, -0.25) is 9.78 Å². The van der Waals surface area contributed by atoms with Crippen molar-refractivity contribution in [3.8, 4) is 6.07 Å². The molecule has 1 spiro atoms. The predicted octanol–water partition coefficient (Wildman–Crippen LogP) is 4.40. The van der Waals surface area contributed by atoms with E-state index in [9.17, 15) is 18.5 Å². The lowest BCUT2D eigenvalue weighted by Crippen LogP contribution is -2.60. The van der Waals surface area contributed by atoms with Gasteiger partial charge in [0.15, 0.2) is 0 Å². The van der Waals surface area contributed by atoms with Crippen LogP contribution in [0.4, 0.5) is 5.69 Å². The van der Waals surface area contributed by atoms with Crippen molar-refractivity contribution in [3.05, 3.63) is 71.0 Å². The Morgan fingerprint density at radius 2 is 1.92 bits per heavy atom. The highest BCUT2D eigenvalue weighted by atomic mass is 35.5. The van der Waals surface area contributed by atoms with Crippen molar-refractivity contribution in [1.29, 1.82) is 5.26 Å². The Balaban J connectivity index is 1.45. The lowest BCUT2D eigenvalue weighted by Gasteiger charge is -2.47. The maximum atomic E-state index is 14.4. The van der Waals surface area contributed by atoms with Gasteiger partial charge in [-0.05, 0) is 48.9 Å². The van der Waals surface area contributed by atoms with Gasteiger partial charge in [0.25, 0.3) is 0 Å². The first-order valence-electron chi connectivity index (χ1n) is 12.1. The Morgan fingerprint density at radius 1 is 1.11 bits per heavy atom. The van der Waals surface area contributed by atoms with E-state index in [-0.39, 0.29) is 24.7 Å². The molecular weight excluding hydrogens is 496 g/mol. The van der Waals surface area contributed by atoms with Gasteiger partial charge in [0.2, 0.25) is 15.9 Å². The molecule has 36 heavy (non-hydrogen) atoms. The number of aromatic nitrogens is 1. The second-order valence-electron chi connectivity index (χ2n) is 10.2. The van der Waals surface area contributed by atoms with Crippen molar-refractivity contribution in [2.75, 3.05) is 23.7 Å². The summed E-state index contributed by atoms with van der Waals surface area (Å²) in [6.07, 6.45) is 5.89. The van der Waals surface area contributed by atoms with Crippen molar-refractivity contribution in [3.63, 3.8) is 0 Å². The molecule has 0 N–H and O–H groups in total. The minimum absolute atomic E-state index is 0.0394. The number of piperidine rings is 1. The third kappa shape index (κ3) is 3.69. The summed E-state index contributed by atoms with van der Waals surface area (Å²) in [5.74, 6) is -0.350. The summed E-state index contributed by atoms with van der Waals surface area (Å²) in [5, 5.41) is 11.9. The maximum Gasteiger partial charge on any atom is 0.239 e. The third-order valence-corrected chi connectivity index (χ3v) is 10.1. The molecule has 1 unspecified atom stereocenters. The Kier molecular flexibility index (Phi) is 5.38. The van der Waals surface area contributed by atoms with Crippen LogP contribution < -0.4 is 4.90 Å². The Hall–Kier alpha value is -2.99. The molecule has 6 rings (SSSR count). The van der Waals surface area contributed by atoms with Crippen molar-refractivity contribution in [2.24, 2.45) is 5.41 Å². The number of nitrogens with zero attached hydrogens (tertiary/aromatic N) is 4. The van der Waals surface area contributed by atoms with Crippen LogP contribution in [0.15, 0.2) is 54.9 Å². The van der Waals surface area contributed by atoms with E-state index in [1.54, 1.807) is 23.4 Å². The van der Waals surface area contributed by atoms with E-state index >= 15 is 0 Å². The minimum Gasteiger partial charge on any atom is -0.309 e. The number of carbonyl (C=O) groups excluding carboxylic acids is 1. The lowest BCUT2D eigenvalue weighted by atomic mass is 9.69. The molecule has 2 aromatic carbocycles. The highest BCUT2D eigenvalue weighted by Crippen LogP contribution is 2.49. The Bertz CT molecular complexity index is 1540. The summed E-state index contributed by atoms with van der Waals surface area (Å²) in [6.45, 7) is 0.732. The molecule has 1 saturated carbocycles. The normalized spacial score (nSPS) is 23.4. The number of hydrogen-bond donors (Lipinski definition) is 0. The van der Waals surface area contributed by atoms with Crippen molar-refractivity contribution < 1.29 is 13.2 Å². The van der Waals surface area contributed by atoms with E-state index in [4.69, 9.17) is 11.6 Å². The third-order valence-electron chi connectivity index (χ3n) is 7.90. The van der Waals surface area contributed by atoms with Gasteiger partial charge in [-0.1, -0.05) is 41.9 Å². The van der Waals surface area contributed by atoms with Gasteiger partial charge >= 0.3 is 0 Å². The number of halogens is 1. The van der Waals surface area contributed by atoms with Gasteiger partial charge in [0, 0.05) is 41.6 Å². The number of benzene rings is 2. The smallest absolute Gasteiger partial charge is 0.239 e. The van der Waals surface area contributed by atoms with Crippen molar-refractivity contribution >= 4 is 44.0 Å². The Morgan fingerprint density at radius 3 is 2.69 bits per heavy atom. The molecule has 7 nitrogen and oxygen atoms in total. The number of anilines is 1. The van der Waals surface area contributed by atoms with Gasteiger partial charge in [-0.25, -0.2) is 8.42 Å². The van der Waals surface area contributed by atoms with Crippen LogP contribution in [0.5, 0.6) is 0 Å². The first kappa shape index (κ1) is 23.4. The molecule has 1 aliphatic carbocycles. The van der Waals surface area contributed by atoms with E-state index in [1.807, 2.05) is 36.4 Å². The molecule has 0 bridgehead atoms. The van der Waals surface area contributed by atoms with Gasteiger partial charge in [-0.2, -0.15) is 9.57 Å². The number of nitriles is 1. The molecule has 9 heteroatoms. The van der Waals surface area contributed by atoms with Gasteiger partial charge in [0.1, 0.15) is 0 Å². The topological polar surface area (TPSA) is 94.4 Å². The lowest BCUT2D eigenvalue weighted by molar-refractivity contribution is -0.126. The SMILES string of the molecule is N#CC1(CS(=O)(=O)N2Cc3ccc(Cl)cc3C3(CCCN(c4cncc5ccccc45)C3=O)C2)CC1. The van der Waals surface area contributed by atoms with Crippen LogP contribution in [0.25, 0.3) is 10.8 Å². The molecular formula is C27H25ClN4O3S. The summed E-state index contributed by atoms with van der Waals surface area (Å²) in [7, 11) is -3.76. The average molecular weight is 521 g/mol. The number of carbonyl (C=O) groups is 1. The van der Waals surface area contributed by atoms with E-state index in [0.717, 1.165) is 27.6 Å². The summed E-state index contributed by atoms with van der Waals surface area (Å²) < 4.78 is 28.5. The van der Waals surface area contributed by atoms with Crippen LogP contribution in [-0.2, 0) is 26.8 Å². The standard InChI is InChI=1S/C27H25ClN4O3S/c28-21-7-6-20-15-31(36(34,35)18-26(16-29)9-10-26)17-27(23(20)12-21)8-3-11-32(25(27)33)24-14-30-13-19-4-1-2-5-22(19)24/h1-2,4-7,12-14H,3,8-11,15,17-18H2. The number of fused-ring (bicyclic) bond motifs is 3. The highest BCUT2D eigenvalue weighted by Gasteiger charge is 2.54. The Labute approximate surface area is 215 Å². The van der Waals surface area contributed by atoms with Gasteiger partial charge in [-0.15, -0.1) is 0 Å². The molecule has 3 aliphatic rings. The van der Waals surface area contributed by atoms with Crippen LogP contribution in [0, 0.1) is 16.7 Å². The van der Waals surface area contributed by atoms with Gasteiger partial charge in [0.05, 0.1) is 34.5 Å². The van der Waals surface area contributed by atoms with Crippen LogP contribution in [0.1, 0.15) is 36.8 Å². The highest BCUT2D eigenvalue weighted by molar-refractivity contribution is 7.89. The van der Waals surface area contributed by atoms with E-state index in [0.29, 0.717) is 37.3 Å². The molecule has 0 radical (unpaired) electrons. The summed E-state index contributed by atoms with van der Waals surface area (Å²) in [4.78, 5) is 20.6. The molecule has 2 aliphatic heterocycles. The van der Waals surface area contributed by atoms with E-state index in [1.165, 1.54) is 4.31 Å². The molecule has 1 aromatic heterocycles. The fraction of sp³-hybridized carbons (Fsp3) is 0.370. The zero-order valence-corrected chi connectivity index (χ0v) is 21.2. The molecule has 1 atom stereocenters. The fourth-order valence-corrected chi connectivity index (χ4v) is 7.95. The molecule has 1 saturated heterocycles. The van der Waals surface area contributed by atoms with Gasteiger partial charge < -0.3 is 4.90 Å². The van der Waals surface area contributed by atoms with Crippen LogP contribution in [0.3, 0.4) is 0 Å².